The highest BCUT2D eigenvalue weighted by Gasteiger charge is 2.26. The molecule has 0 aliphatic carbocycles. The first-order valence-corrected chi connectivity index (χ1v) is 12.9. The van der Waals surface area contributed by atoms with E-state index in [2.05, 4.69) is 5.32 Å². The molecule has 35 heavy (non-hydrogen) atoms. The van der Waals surface area contributed by atoms with Gasteiger partial charge in [-0.25, -0.2) is 8.42 Å². The number of hydrogen-bond donors (Lipinski definition) is 1. The fourth-order valence-electron chi connectivity index (χ4n) is 3.96. The molecule has 1 aliphatic heterocycles. The zero-order valence-electron chi connectivity index (χ0n) is 19.8. The smallest absolute Gasteiger partial charge is 0.258 e. The van der Waals surface area contributed by atoms with Gasteiger partial charge in [0, 0.05) is 30.5 Å². The molecule has 1 N–H and O–H groups in total. The van der Waals surface area contributed by atoms with Gasteiger partial charge in [0.1, 0.15) is 5.75 Å². The highest BCUT2D eigenvalue weighted by molar-refractivity contribution is 7.92. The second-order valence-electron chi connectivity index (χ2n) is 8.40. The lowest BCUT2D eigenvalue weighted by Crippen LogP contribution is -2.28. The van der Waals surface area contributed by atoms with Gasteiger partial charge in [-0.15, -0.1) is 0 Å². The van der Waals surface area contributed by atoms with Gasteiger partial charge < -0.3 is 15.0 Å². The second kappa shape index (κ2) is 9.79. The topological polar surface area (TPSA) is 96.0 Å². The maximum Gasteiger partial charge on any atom is 0.258 e. The Kier molecular flexibility index (Phi) is 6.79. The fraction of sp³-hybridized carbons (Fsp3) is 0.231. The molecule has 0 atom stereocenters. The minimum Gasteiger partial charge on any atom is -0.497 e. The van der Waals surface area contributed by atoms with Crippen molar-refractivity contribution < 1.29 is 22.7 Å². The Morgan fingerprint density at radius 3 is 2.34 bits per heavy atom. The van der Waals surface area contributed by atoms with Crippen molar-refractivity contribution in [2.45, 2.75) is 12.8 Å². The summed E-state index contributed by atoms with van der Waals surface area (Å²) in [5.74, 6) is 0.375. The maximum absolute atomic E-state index is 13.1. The van der Waals surface area contributed by atoms with Gasteiger partial charge in [-0.05, 0) is 66.1 Å². The van der Waals surface area contributed by atoms with Crippen molar-refractivity contribution in [3.63, 3.8) is 0 Å². The van der Waals surface area contributed by atoms with Crippen molar-refractivity contribution in [3.8, 4) is 5.75 Å². The minimum absolute atomic E-state index is 0.103. The molecule has 0 unspecified atom stereocenters. The van der Waals surface area contributed by atoms with Crippen molar-refractivity contribution in [2.24, 2.45) is 0 Å². The van der Waals surface area contributed by atoms with Crippen LogP contribution in [0.25, 0.3) is 0 Å². The van der Waals surface area contributed by atoms with E-state index in [1.165, 1.54) is 11.4 Å². The van der Waals surface area contributed by atoms with Crippen LogP contribution in [0.15, 0.2) is 66.7 Å². The molecule has 0 bridgehead atoms. The fourth-order valence-corrected chi connectivity index (χ4v) is 4.47. The van der Waals surface area contributed by atoms with E-state index >= 15 is 0 Å². The van der Waals surface area contributed by atoms with Gasteiger partial charge >= 0.3 is 0 Å². The largest absolute Gasteiger partial charge is 0.497 e. The molecule has 0 saturated heterocycles. The minimum atomic E-state index is -3.35. The first kappa shape index (κ1) is 24.3. The standard InChI is InChI=1S/C26H27N3O5S/c1-28(35(3,32)33)22-10-4-18(5-11-22)16-25(30)27-21-9-6-19-14-15-29(24(19)17-21)26(31)20-7-12-23(34-2)13-8-20/h4-13,17H,14-16H2,1-3H3,(H,27,30). The zero-order chi connectivity index (χ0) is 25.2. The molecule has 3 aromatic rings. The quantitative estimate of drug-likeness (QED) is 0.544. The number of fused-ring (bicyclic) bond motifs is 1. The average Bonchev–Trinajstić information content (AvgIpc) is 3.26. The van der Waals surface area contributed by atoms with Crippen LogP contribution in [0.3, 0.4) is 0 Å². The number of rotatable bonds is 7. The number of hydrogen-bond acceptors (Lipinski definition) is 5. The molecule has 4 rings (SSSR count). The molecule has 9 heteroatoms. The van der Waals surface area contributed by atoms with Crippen molar-refractivity contribution in [3.05, 3.63) is 83.4 Å². The molecule has 8 nitrogen and oxygen atoms in total. The highest BCUT2D eigenvalue weighted by atomic mass is 32.2. The number of methoxy groups -OCH3 is 1. The number of nitrogens with one attached hydrogen (secondary N) is 1. The van der Waals surface area contributed by atoms with E-state index in [4.69, 9.17) is 4.74 Å². The van der Waals surface area contributed by atoms with E-state index in [-0.39, 0.29) is 18.2 Å². The van der Waals surface area contributed by atoms with Gasteiger partial charge in [0.15, 0.2) is 0 Å². The van der Waals surface area contributed by atoms with Gasteiger partial charge in [0.05, 0.1) is 25.5 Å². The number of ether oxygens (including phenoxy) is 1. The number of benzene rings is 3. The molecule has 0 aromatic heterocycles. The number of amides is 2. The Bertz CT molecular complexity index is 1350. The first-order chi connectivity index (χ1) is 16.7. The molecule has 0 saturated carbocycles. The second-order valence-corrected chi connectivity index (χ2v) is 10.4. The summed E-state index contributed by atoms with van der Waals surface area (Å²) < 4.78 is 29.7. The van der Waals surface area contributed by atoms with Gasteiger partial charge in [0.2, 0.25) is 15.9 Å². The van der Waals surface area contributed by atoms with Gasteiger partial charge in [-0.3, -0.25) is 13.9 Å². The number of carbonyl (C=O) groups excluding carboxylic acids is 2. The lowest BCUT2D eigenvalue weighted by Gasteiger charge is -2.18. The summed E-state index contributed by atoms with van der Waals surface area (Å²) in [6.45, 7) is 0.575. The van der Waals surface area contributed by atoms with Crippen LogP contribution in [0.5, 0.6) is 5.75 Å². The lowest BCUT2D eigenvalue weighted by molar-refractivity contribution is -0.115. The van der Waals surface area contributed by atoms with E-state index in [0.717, 1.165) is 29.5 Å². The van der Waals surface area contributed by atoms with Gasteiger partial charge in [-0.1, -0.05) is 18.2 Å². The number of anilines is 3. The van der Waals surface area contributed by atoms with E-state index in [9.17, 15) is 18.0 Å². The Morgan fingerprint density at radius 1 is 1.03 bits per heavy atom. The molecule has 2 amide bonds. The predicted molar refractivity (Wildman–Crippen MR) is 137 cm³/mol. The predicted octanol–water partition coefficient (Wildman–Crippen LogP) is 3.48. The van der Waals surface area contributed by atoms with E-state index in [1.54, 1.807) is 60.5 Å². The third-order valence-electron chi connectivity index (χ3n) is 6.01. The van der Waals surface area contributed by atoms with Crippen LogP contribution in [-0.4, -0.2) is 47.2 Å². The monoisotopic (exact) mass is 493 g/mol. The number of carbonyl (C=O) groups is 2. The van der Waals surface area contributed by atoms with E-state index < -0.39 is 10.0 Å². The molecular formula is C26H27N3O5S. The summed E-state index contributed by atoms with van der Waals surface area (Å²) in [6, 6.07) is 19.4. The summed E-state index contributed by atoms with van der Waals surface area (Å²) in [5, 5.41) is 2.90. The summed E-state index contributed by atoms with van der Waals surface area (Å²) in [4.78, 5) is 27.5. The summed E-state index contributed by atoms with van der Waals surface area (Å²) >= 11 is 0. The van der Waals surface area contributed by atoms with Crippen LogP contribution in [0.1, 0.15) is 21.5 Å². The summed E-state index contributed by atoms with van der Waals surface area (Å²) in [6.07, 6.45) is 2.02. The van der Waals surface area contributed by atoms with Gasteiger partial charge in [0.25, 0.3) is 5.91 Å². The first-order valence-electron chi connectivity index (χ1n) is 11.1. The Labute approximate surface area is 205 Å². The molecule has 3 aromatic carbocycles. The molecule has 0 spiro atoms. The maximum atomic E-state index is 13.1. The van der Waals surface area contributed by atoms with E-state index in [1.807, 2.05) is 18.2 Å². The Morgan fingerprint density at radius 2 is 1.71 bits per heavy atom. The average molecular weight is 494 g/mol. The molecule has 0 fully saturated rings. The number of sulfonamides is 1. The van der Waals surface area contributed by atoms with Crippen LogP contribution >= 0.6 is 0 Å². The Hall–Kier alpha value is -3.85. The van der Waals surface area contributed by atoms with Crippen LogP contribution in [0.4, 0.5) is 17.1 Å². The summed E-state index contributed by atoms with van der Waals surface area (Å²) in [5.41, 5.74) is 4.30. The molecule has 0 radical (unpaired) electrons. The van der Waals surface area contributed by atoms with Crippen LogP contribution in [-0.2, 0) is 27.7 Å². The molecule has 182 valence electrons. The van der Waals surface area contributed by atoms with Crippen molar-refractivity contribution in [1.29, 1.82) is 0 Å². The molecule has 1 heterocycles. The van der Waals surface area contributed by atoms with Crippen LogP contribution < -0.4 is 19.3 Å². The third kappa shape index (κ3) is 5.46. The van der Waals surface area contributed by atoms with Crippen molar-refractivity contribution >= 4 is 38.9 Å². The van der Waals surface area contributed by atoms with Gasteiger partial charge in [-0.2, -0.15) is 0 Å². The normalized spacial score (nSPS) is 12.7. The lowest BCUT2D eigenvalue weighted by atomic mass is 10.1. The SMILES string of the molecule is COc1ccc(C(=O)N2CCc3ccc(NC(=O)Cc4ccc(N(C)S(C)(=O)=O)cc4)cc32)cc1. The van der Waals surface area contributed by atoms with E-state index in [0.29, 0.717) is 29.2 Å². The highest BCUT2D eigenvalue weighted by Crippen LogP contribution is 2.32. The third-order valence-corrected chi connectivity index (χ3v) is 7.21. The van der Waals surface area contributed by atoms with Crippen LogP contribution in [0, 0.1) is 0 Å². The Balaban J connectivity index is 1.44. The van der Waals surface area contributed by atoms with Crippen molar-refractivity contribution in [1.82, 2.24) is 0 Å². The number of nitrogens with zero attached hydrogens (tertiary/aromatic N) is 2. The van der Waals surface area contributed by atoms with Crippen LogP contribution in [0.2, 0.25) is 0 Å². The molecular weight excluding hydrogens is 466 g/mol. The molecule has 1 aliphatic rings. The van der Waals surface area contributed by atoms with Crippen molar-refractivity contribution in [2.75, 3.05) is 41.5 Å². The zero-order valence-corrected chi connectivity index (χ0v) is 20.6. The summed E-state index contributed by atoms with van der Waals surface area (Å²) in [7, 11) is -0.290.